The first kappa shape index (κ1) is 14.6. The molecule has 0 bridgehead atoms. The Morgan fingerprint density at radius 2 is 2.27 bits per heavy atom. The molecular weight excluding hydrogens is 280 g/mol. The average Bonchev–Trinajstić information content (AvgIpc) is 3.12. The average molecular weight is 300 g/mol. The lowest BCUT2D eigenvalue weighted by Gasteiger charge is -2.10. The highest BCUT2D eigenvalue weighted by Crippen LogP contribution is 2.31. The number of furan rings is 1. The Balaban J connectivity index is 1.77. The molecule has 22 heavy (non-hydrogen) atoms. The van der Waals surface area contributed by atoms with Crippen LogP contribution < -0.4 is 10.1 Å². The van der Waals surface area contributed by atoms with Crippen molar-refractivity contribution in [3.05, 3.63) is 42.2 Å². The van der Waals surface area contributed by atoms with Gasteiger partial charge < -0.3 is 14.5 Å². The van der Waals surface area contributed by atoms with Gasteiger partial charge in [-0.3, -0.25) is 4.68 Å². The predicted molar refractivity (Wildman–Crippen MR) is 83.6 cm³/mol. The molecule has 3 aromatic rings. The first-order valence-corrected chi connectivity index (χ1v) is 7.40. The zero-order valence-electron chi connectivity index (χ0n) is 13.0. The SMILES string of the molecule is CCOc1cccc2cc([C@H](C)NCc3ncnn3C)oc12. The Morgan fingerprint density at radius 3 is 3.00 bits per heavy atom. The van der Waals surface area contributed by atoms with Crippen LogP contribution in [0, 0.1) is 0 Å². The van der Waals surface area contributed by atoms with Gasteiger partial charge in [-0.25, -0.2) is 4.98 Å². The van der Waals surface area contributed by atoms with E-state index >= 15 is 0 Å². The fraction of sp³-hybridized carbons (Fsp3) is 0.375. The van der Waals surface area contributed by atoms with Crippen molar-refractivity contribution in [2.45, 2.75) is 26.4 Å². The van der Waals surface area contributed by atoms with Crippen LogP contribution in [-0.4, -0.2) is 21.4 Å². The number of benzene rings is 1. The van der Waals surface area contributed by atoms with Crippen LogP contribution in [0.4, 0.5) is 0 Å². The van der Waals surface area contributed by atoms with Gasteiger partial charge in [-0.05, 0) is 26.0 Å². The molecule has 0 spiro atoms. The molecular formula is C16H20N4O2. The lowest BCUT2D eigenvalue weighted by molar-refractivity contribution is 0.336. The third-order valence-electron chi connectivity index (χ3n) is 3.63. The number of ether oxygens (including phenoxy) is 1. The van der Waals surface area contributed by atoms with Gasteiger partial charge in [0.15, 0.2) is 11.3 Å². The maximum absolute atomic E-state index is 5.98. The smallest absolute Gasteiger partial charge is 0.176 e. The van der Waals surface area contributed by atoms with Crippen LogP contribution in [0.5, 0.6) is 5.75 Å². The first-order valence-electron chi connectivity index (χ1n) is 7.40. The van der Waals surface area contributed by atoms with E-state index in [0.717, 1.165) is 28.3 Å². The van der Waals surface area contributed by atoms with Crippen LogP contribution in [0.15, 0.2) is 35.0 Å². The van der Waals surface area contributed by atoms with Gasteiger partial charge >= 0.3 is 0 Å². The molecule has 0 aliphatic rings. The molecule has 0 saturated heterocycles. The summed E-state index contributed by atoms with van der Waals surface area (Å²) in [5, 5.41) is 8.51. The molecule has 6 nitrogen and oxygen atoms in total. The molecule has 0 radical (unpaired) electrons. The monoisotopic (exact) mass is 300 g/mol. The van der Waals surface area contributed by atoms with E-state index in [9.17, 15) is 0 Å². The summed E-state index contributed by atoms with van der Waals surface area (Å²) in [5.74, 6) is 2.55. The molecule has 3 rings (SSSR count). The summed E-state index contributed by atoms with van der Waals surface area (Å²) >= 11 is 0. The Labute approximate surface area is 129 Å². The summed E-state index contributed by atoms with van der Waals surface area (Å²) in [4.78, 5) is 4.20. The van der Waals surface area contributed by atoms with Crippen LogP contribution in [-0.2, 0) is 13.6 Å². The molecule has 0 saturated carbocycles. The van der Waals surface area contributed by atoms with Crippen molar-refractivity contribution in [1.29, 1.82) is 0 Å². The Hall–Kier alpha value is -2.34. The second-order valence-electron chi connectivity index (χ2n) is 5.16. The lowest BCUT2D eigenvalue weighted by Crippen LogP contribution is -2.20. The third-order valence-corrected chi connectivity index (χ3v) is 3.63. The second-order valence-corrected chi connectivity index (χ2v) is 5.16. The molecule has 0 aliphatic carbocycles. The molecule has 2 heterocycles. The number of nitrogens with zero attached hydrogens (tertiary/aromatic N) is 3. The fourth-order valence-corrected chi connectivity index (χ4v) is 2.36. The molecule has 0 aliphatic heterocycles. The molecule has 1 aromatic carbocycles. The first-order chi connectivity index (χ1) is 10.7. The van der Waals surface area contributed by atoms with Crippen LogP contribution in [0.3, 0.4) is 0 Å². The number of para-hydroxylation sites is 1. The number of nitrogens with one attached hydrogen (secondary N) is 1. The van der Waals surface area contributed by atoms with Crippen molar-refractivity contribution < 1.29 is 9.15 Å². The van der Waals surface area contributed by atoms with E-state index < -0.39 is 0 Å². The molecule has 0 amide bonds. The van der Waals surface area contributed by atoms with Gasteiger partial charge in [0.2, 0.25) is 0 Å². The number of aromatic nitrogens is 3. The Bertz CT molecular complexity index is 762. The summed E-state index contributed by atoms with van der Waals surface area (Å²) in [6, 6.07) is 8.05. The summed E-state index contributed by atoms with van der Waals surface area (Å²) in [5.41, 5.74) is 0.798. The minimum atomic E-state index is 0.0681. The van der Waals surface area contributed by atoms with Gasteiger partial charge in [0.25, 0.3) is 0 Å². The minimum Gasteiger partial charge on any atom is -0.490 e. The maximum Gasteiger partial charge on any atom is 0.176 e. The quantitative estimate of drug-likeness (QED) is 0.758. The van der Waals surface area contributed by atoms with Crippen molar-refractivity contribution in [2.24, 2.45) is 7.05 Å². The van der Waals surface area contributed by atoms with Gasteiger partial charge in [0.05, 0.1) is 19.2 Å². The van der Waals surface area contributed by atoms with E-state index in [1.165, 1.54) is 0 Å². The van der Waals surface area contributed by atoms with Crippen LogP contribution in [0.25, 0.3) is 11.0 Å². The van der Waals surface area contributed by atoms with E-state index in [1.54, 1.807) is 11.0 Å². The number of fused-ring (bicyclic) bond motifs is 1. The van der Waals surface area contributed by atoms with Crippen molar-refractivity contribution in [3.63, 3.8) is 0 Å². The summed E-state index contributed by atoms with van der Waals surface area (Å²) in [7, 11) is 1.88. The molecule has 0 unspecified atom stereocenters. The van der Waals surface area contributed by atoms with Gasteiger partial charge in [0.1, 0.15) is 17.9 Å². The number of hydrogen-bond acceptors (Lipinski definition) is 5. The molecule has 2 aromatic heterocycles. The van der Waals surface area contributed by atoms with E-state index in [4.69, 9.17) is 9.15 Å². The molecule has 1 N–H and O–H groups in total. The molecule has 1 atom stereocenters. The van der Waals surface area contributed by atoms with Crippen molar-refractivity contribution in [2.75, 3.05) is 6.61 Å². The van der Waals surface area contributed by atoms with Crippen molar-refractivity contribution in [3.8, 4) is 5.75 Å². The summed E-state index contributed by atoms with van der Waals surface area (Å²) in [6.45, 7) is 5.28. The highest BCUT2D eigenvalue weighted by molar-refractivity contribution is 5.83. The summed E-state index contributed by atoms with van der Waals surface area (Å²) < 4.78 is 13.3. The van der Waals surface area contributed by atoms with E-state index in [1.807, 2.05) is 38.2 Å². The van der Waals surface area contributed by atoms with Crippen LogP contribution in [0.1, 0.15) is 31.5 Å². The van der Waals surface area contributed by atoms with E-state index in [2.05, 4.69) is 22.3 Å². The Kier molecular flexibility index (Phi) is 4.11. The van der Waals surface area contributed by atoms with Gasteiger partial charge in [-0.15, -0.1) is 0 Å². The molecule has 0 fully saturated rings. The highest BCUT2D eigenvalue weighted by atomic mass is 16.5. The highest BCUT2D eigenvalue weighted by Gasteiger charge is 2.14. The van der Waals surface area contributed by atoms with E-state index in [-0.39, 0.29) is 6.04 Å². The Morgan fingerprint density at radius 1 is 1.41 bits per heavy atom. The molecule has 6 heteroatoms. The minimum absolute atomic E-state index is 0.0681. The van der Waals surface area contributed by atoms with Gasteiger partial charge in [-0.2, -0.15) is 5.10 Å². The predicted octanol–water partition coefficient (Wildman–Crippen LogP) is 2.81. The summed E-state index contributed by atoms with van der Waals surface area (Å²) in [6.07, 6.45) is 1.55. The van der Waals surface area contributed by atoms with Gasteiger partial charge in [-0.1, -0.05) is 12.1 Å². The third kappa shape index (κ3) is 2.82. The van der Waals surface area contributed by atoms with E-state index in [0.29, 0.717) is 13.2 Å². The lowest BCUT2D eigenvalue weighted by atomic mass is 10.2. The van der Waals surface area contributed by atoms with Gasteiger partial charge in [0, 0.05) is 12.4 Å². The number of aryl methyl sites for hydroxylation is 1. The maximum atomic E-state index is 5.98. The second kappa shape index (κ2) is 6.19. The normalized spacial score (nSPS) is 12.7. The fourth-order valence-electron chi connectivity index (χ4n) is 2.36. The topological polar surface area (TPSA) is 65.1 Å². The van der Waals surface area contributed by atoms with Crippen LogP contribution >= 0.6 is 0 Å². The zero-order valence-corrected chi connectivity index (χ0v) is 13.0. The standard InChI is InChI=1S/C16H20N4O2/c1-4-21-13-7-5-6-12-8-14(22-16(12)13)11(2)17-9-15-18-10-19-20(15)3/h5-8,10-11,17H,4,9H2,1-3H3/t11-/m0/s1. The largest absolute Gasteiger partial charge is 0.490 e. The number of hydrogen-bond donors (Lipinski definition) is 1. The zero-order chi connectivity index (χ0) is 15.5. The van der Waals surface area contributed by atoms with Crippen LogP contribution in [0.2, 0.25) is 0 Å². The van der Waals surface area contributed by atoms with Crippen molar-refractivity contribution in [1.82, 2.24) is 20.1 Å². The number of rotatable bonds is 6. The molecule has 116 valence electrons. The van der Waals surface area contributed by atoms with Crippen molar-refractivity contribution >= 4 is 11.0 Å².